The normalized spacial score (nSPS) is 20.5. The first-order valence-electron chi connectivity index (χ1n) is 9.75. The van der Waals surface area contributed by atoms with Gasteiger partial charge in [-0.15, -0.1) is 0 Å². The van der Waals surface area contributed by atoms with Gasteiger partial charge in [0.1, 0.15) is 6.23 Å². The summed E-state index contributed by atoms with van der Waals surface area (Å²) in [6.45, 7) is 4.22. The van der Waals surface area contributed by atoms with Crippen molar-refractivity contribution in [2.45, 2.75) is 32.0 Å². The fourth-order valence-electron chi connectivity index (χ4n) is 4.06. The Hall–Kier alpha value is -2.15. The highest BCUT2D eigenvalue weighted by molar-refractivity contribution is 6.30. The molecule has 28 heavy (non-hydrogen) atoms. The van der Waals surface area contributed by atoms with E-state index >= 15 is 0 Å². The SMILES string of the molecule is O=[N+]([O-])c1ccc(N2CCCC2)c([C@@H]2OCCCN2Cc2ccc(Cl)cc2)c1. The molecule has 0 unspecified atom stereocenters. The highest BCUT2D eigenvalue weighted by Gasteiger charge is 2.30. The van der Waals surface area contributed by atoms with Crippen LogP contribution < -0.4 is 4.90 Å². The van der Waals surface area contributed by atoms with E-state index in [1.165, 1.54) is 0 Å². The molecule has 6 nitrogen and oxygen atoms in total. The molecule has 0 aromatic heterocycles. The van der Waals surface area contributed by atoms with Gasteiger partial charge in [-0.25, -0.2) is 0 Å². The zero-order valence-electron chi connectivity index (χ0n) is 15.7. The van der Waals surface area contributed by atoms with Gasteiger partial charge < -0.3 is 9.64 Å². The predicted molar refractivity (Wildman–Crippen MR) is 110 cm³/mol. The Morgan fingerprint density at radius 1 is 1.07 bits per heavy atom. The molecule has 0 aliphatic carbocycles. The van der Waals surface area contributed by atoms with Crippen molar-refractivity contribution in [1.29, 1.82) is 0 Å². The molecule has 2 saturated heterocycles. The Bertz CT molecular complexity index is 837. The topological polar surface area (TPSA) is 58.9 Å². The lowest BCUT2D eigenvalue weighted by Gasteiger charge is -2.37. The quantitative estimate of drug-likeness (QED) is 0.533. The Kier molecular flexibility index (Phi) is 5.80. The van der Waals surface area contributed by atoms with Crippen LogP contribution in [0.15, 0.2) is 42.5 Å². The van der Waals surface area contributed by atoms with E-state index in [9.17, 15) is 10.1 Å². The summed E-state index contributed by atoms with van der Waals surface area (Å²) in [7, 11) is 0. The Morgan fingerprint density at radius 2 is 1.82 bits per heavy atom. The van der Waals surface area contributed by atoms with Crippen LogP contribution in [0.25, 0.3) is 0 Å². The summed E-state index contributed by atoms with van der Waals surface area (Å²) >= 11 is 6.01. The number of ether oxygens (including phenoxy) is 1. The second-order valence-electron chi connectivity index (χ2n) is 7.37. The van der Waals surface area contributed by atoms with E-state index in [1.807, 2.05) is 30.3 Å². The number of non-ortho nitro benzene ring substituents is 1. The van der Waals surface area contributed by atoms with Gasteiger partial charge in [0.15, 0.2) is 0 Å². The van der Waals surface area contributed by atoms with Crippen LogP contribution in [-0.2, 0) is 11.3 Å². The Morgan fingerprint density at radius 3 is 2.54 bits per heavy atom. The van der Waals surface area contributed by atoms with Gasteiger partial charge >= 0.3 is 0 Å². The number of hydrogen-bond acceptors (Lipinski definition) is 5. The lowest BCUT2D eigenvalue weighted by molar-refractivity contribution is -0.385. The number of nitro benzene ring substituents is 1. The largest absolute Gasteiger partial charge is 0.371 e. The maximum Gasteiger partial charge on any atom is 0.270 e. The predicted octanol–water partition coefficient (Wildman–Crippen LogP) is 4.77. The summed E-state index contributed by atoms with van der Waals surface area (Å²) in [4.78, 5) is 15.6. The number of benzene rings is 2. The maximum atomic E-state index is 11.4. The van der Waals surface area contributed by atoms with Crippen molar-refractivity contribution in [1.82, 2.24) is 4.90 Å². The molecule has 2 heterocycles. The molecule has 0 bridgehead atoms. The van der Waals surface area contributed by atoms with Gasteiger partial charge in [-0.2, -0.15) is 0 Å². The summed E-state index contributed by atoms with van der Waals surface area (Å²) in [5, 5.41) is 12.1. The van der Waals surface area contributed by atoms with Gasteiger partial charge in [-0.05, 0) is 43.0 Å². The van der Waals surface area contributed by atoms with Gasteiger partial charge in [0.25, 0.3) is 5.69 Å². The van der Waals surface area contributed by atoms with E-state index < -0.39 is 0 Å². The second kappa shape index (κ2) is 8.47. The molecular weight excluding hydrogens is 378 g/mol. The third kappa shape index (κ3) is 4.14. The maximum absolute atomic E-state index is 11.4. The van der Waals surface area contributed by atoms with Gasteiger partial charge in [0.05, 0.1) is 11.5 Å². The molecule has 1 atom stereocenters. The van der Waals surface area contributed by atoms with Crippen LogP contribution >= 0.6 is 11.6 Å². The molecule has 7 heteroatoms. The third-order valence-electron chi connectivity index (χ3n) is 5.43. The molecule has 0 N–H and O–H groups in total. The average molecular weight is 402 g/mol. The first kappa shape index (κ1) is 19.2. The van der Waals surface area contributed by atoms with Crippen LogP contribution in [0.2, 0.25) is 5.02 Å². The monoisotopic (exact) mass is 401 g/mol. The molecular formula is C21H24ClN3O3. The van der Waals surface area contributed by atoms with E-state index in [2.05, 4.69) is 9.80 Å². The summed E-state index contributed by atoms with van der Waals surface area (Å²) in [5.41, 5.74) is 3.20. The molecule has 0 amide bonds. The van der Waals surface area contributed by atoms with Gasteiger partial charge in [-0.3, -0.25) is 15.0 Å². The van der Waals surface area contributed by atoms with E-state index in [0.29, 0.717) is 18.2 Å². The minimum absolute atomic E-state index is 0.110. The first-order valence-corrected chi connectivity index (χ1v) is 10.1. The van der Waals surface area contributed by atoms with Gasteiger partial charge in [0, 0.05) is 54.6 Å². The number of rotatable bonds is 5. The van der Waals surface area contributed by atoms with Crippen molar-refractivity contribution in [3.63, 3.8) is 0 Å². The molecule has 2 aromatic rings. The zero-order valence-corrected chi connectivity index (χ0v) is 16.5. The van der Waals surface area contributed by atoms with Crippen LogP contribution in [0, 0.1) is 10.1 Å². The lowest BCUT2D eigenvalue weighted by atomic mass is 10.1. The van der Waals surface area contributed by atoms with E-state index in [4.69, 9.17) is 16.3 Å². The average Bonchev–Trinajstić information content (AvgIpc) is 3.24. The van der Waals surface area contributed by atoms with Gasteiger partial charge in [0.2, 0.25) is 0 Å². The number of nitrogens with zero attached hydrogens (tertiary/aromatic N) is 3. The summed E-state index contributed by atoms with van der Waals surface area (Å²) in [5.74, 6) is 0. The standard InChI is InChI=1S/C21H24ClN3O3/c22-17-6-4-16(5-7-17)15-24-12-3-13-28-21(24)19-14-18(25(26)27)8-9-20(19)23-10-1-2-11-23/h4-9,14,21H,1-3,10-13,15H2/t21-/m0/s1. The van der Waals surface area contributed by atoms with E-state index in [-0.39, 0.29) is 16.8 Å². The fraction of sp³-hybridized carbons (Fsp3) is 0.429. The Labute approximate surface area is 169 Å². The number of halogens is 1. The molecule has 2 aliphatic heterocycles. The molecule has 4 rings (SSSR count). The Balaban J connectivity index is 1.67. The van der Waals surface area contributed by atoms with Crippen LogP contribution in [0.1, 0.15) is 36.6 Å². The third-order valence-corrected chi connectivity index (χ3v) is 5.68. The number of nitro groups is 1. The summed E-state index contributed by atoms with van der Waals surface area (Å²) in [6, 6.07) is 13.0. The first-order chi connectivity index (χ1) is 13.6. The minimum atomic E-state index is -0.330. The van der Waals surface area contributed by atoms with Crippen molar-refractivity contribution in [3.8, 4) is 0 Å². The molecule has 148 valence electrons. The van der Waals surface area contributed by atoms with Crippen LogP contribution in [0.4, 0.5) is 11.4 Å². The second-order valence-corrected chi connectivity index (χ2v) is 7.80. The molecule has 0 radical (unpaired) electrons. The van der Waals surface area contributed by atoms with Crippen LogP contribution in [-0.4, -0.2) is 36.1 Å². The van der Waals surface area contributed by atoms with Crippen LogP contribution in [0.5, 0.6) is 0 Å². The summed E-state index contributed by atoms with van der Waals surface area (Å²) in [6.07, 6.45) is 2.95. The van der Waals surface area contributed by atoms with Crippen molar-refractivity contribution < 1.29 is 9.66 Å². The van der Waals surface area contributed by atoms with E-state index in [0.717, 1.165) is 55.7 Å². The van der Waals surface area contributed by atoms with Crippen molar-refractivity contribution in [3.05, 3.63) is 68.7 Å². The van der Waals surface area contributed by atoms with Crippen molar-refractivity contribution in [2.75, 3.05) is 31.1 Å². The minimum Gasteiger partial charge on any atom is -0.371 e. The van der Waals surface area contributed by atoms with Crippen molar-refractivity contribution >= 4 is 23.0 Å². The highest BCUT2D eigenvalue weighted by Crippen LogP contribution is 2.37. The van der Waals surface area contributed by atoms with E-state index in [1.54, 1.807) is 12.1 Å². The number of anilines is 1. The fourth-order valence-corrected chi connectivity index (χ4v) is 4.18. The molecule has 0 spiro atoms. The van der Waals surface area contributed by atoms with Crippen molar-refractivity contribution in [2.24, 2.45) is 0 Å². The van der Waals surface area contributed by atoms with Crippen LogP contribution in [0.3, 0.4) is 0 Å². The zero-order chi connectivity index (χ0) is 19.5. The molecule has 2 aromatic carbocycles. The number of hydrogen-bond donors (Lipinski definition) is 0. The summed E-state index contributed by atoms with van der Waals surface area (Å²) < 4.78 is 6.16. The molecule has 2 fully saturated rings. The van der Waals surface area contributed by atoms with Gasteiger partial charge in [-0.1, -0.05) is 23.7 Å². The molecule has 2 aliphatic rings. The highest BCUT2D eigenvalue weighted by atomic mass is 35.5. The smallest absolute Gasteiger partial charge is 0.270 e. The lowest BCUT2D eigenvalue weighted by Crippen LogP contribution is -2.37. The molecule has 0 saturated carbocycles.